The Kier molecular flexibility index (Phi) is 5.79. The van der Waals surface area contributed by atoms with Gasteiger partial charge in [-0.25, -0.2) is 0 Å². The van der Waals surface area contributed by atoms with Crippen LogP contribution in [0.5, 0.6) is 0 Å². The molecule has 0 aromatic carbocycles. The summed E-state index contributed by atoms with van der Waals surface area (Å²) in [7, 11) is 4.09. The van der Waals surface area contributed by atoms with Gasteiger partial charge in [0, 0.05) is 13.1 Å². The Balaban J connectivity index is 0.000000167. The first-order chi connectivity index (χ1) is 10.7. The van der Waals surface area contributed by atoms with Crippen LogP contribution in [-0.2, 0) is 9.59 Å². The number of carbonyl (C=O) groups excluding carboxylic acids is 2. The van der Waals surface area contributed by atoms with Crippen molar-refractivity contribution in [2.75, 3.05) is 27.2 Å². The number of likely N-dealkylation sites (N-methyl/N-ethyl adjacent to an activating group) is 2. The average molecular weight is 320 g/mol. The molecule has 0 bridgehead atoms. The second kappa shape index (κ2) is 7.27. The van der Waals surface area contributed by atoms with E-state index in [9.17, 15) is 9.59 Å². The summed E-state index contributed by atoms with van der Waals surface area (Å²) in [6.45, 7) is 9.74. The fourth-order valence-electron chi connectivity index (χ4n) is 3.96. The van der Waals surface area contributed by atoms with Crippen molar-refractivity contribution in [3.63, 3.8) is 0 Å². The molecule has 0 amide bonds. The van der Waals surface area contributed by atoms with E-state index < -0.39 is 0 Å². The normalized spacial score (nSPS) is 34.3. The number of nitrogens with zero attached hydrogens (tertiary/aromatic N) is 2. The molecule has 4 heteroatoms. The second-order valence-electron chi connectivity index (χ2n) is 7.86. The van der Waals surface area contributed by atoms with Gasteiger partial charge in [-0.1, -0.05) is 11.1 Å². The average Bonchev–Trinajstić information content (AvgIpc) is 3.20. The van der Waals surface area contributed by atoms with E-state index in [1.54, 1.807) is 13.8 Å². The highest BCUT2D eigenvalue weighted by Crippen LogP contribution is 2.46. The minimum Gasteiger partial charge on any atom is -0.298 e. The summed E-state index contributed by atoms with van der Waals surface area (Å²) < 4.78 is 0. The van der Waals surface area contributed by atoms with Crippen LogP contribution in [0.2, 0.25) is 0 Å². The van der Waals surface area contributed by atoms with E-state index >= 15 is 0 Å². The number of Topliss-reactive ketones (excluding diaryl/α,β-unsaturated/α-hetero) is 2. The highest BCUT2D eigenvalue weighted by molar-refractivity contribution is 5.82. The fraction of sp³-hybridized carbons (Fsp3) is 0.789. The van der Waals surface area contributed by atoms with Gasteiger partial charge in [0.2, 0.25) is 0 Å². The van der Waals surface area contributed by atoms with E-state index in [-0.39, 0.29) is 17.9 Å². The number of fused-ring (bicyclic) bond motifs is 1. The van der Waals surface area contributed by atoms with Crippen LogP contribution in [-0.4, -0.2) is 60.6 Å². The van der Waals surface area contributed by atoms with Gasteiger partial charge in [-0.2, -0.15) is 0 Å². The first-order valence-electron chi connectivity index (χ1n) is 8.77. The number of hydrogen-bond acceptors (Lipinski definition) is 4. The van der Waals surface area contributed by atoms with Crippen LogP contribution >= 0.6 is 0 Å². The van der Waals surface area contributed by atoms with Gasteiger partial charge < -0.3 is 0 Å². The predicted octanol–water partition coefficient (Wildman–Crippen LogP) is 2.53. The zero-order valence-corrected chi connectivity index (χ0v) is 15.6. The van der Waals surface area contributed by atoms with Crippen LogP contribution < -0.4 is 0 Å². The smallest absolute Gasteiger partial charge is 0.147 e. The Morgan fingerprint density at radius 1 is 0.870 bits per heavy atom. The third kappa shape index (κ3) is 4.51. The summed E-state index contributed by atoms with van der Waals surface area (Å²) in [4.78, 5) is 26.7. The second-order valence-corrected chi connectivity index (χ2v) is 7.86. The van der Waals surface area contributed by atoms with Gasteiger partial charge >= 0.3 is 0 Å². The molecule has 4 nitrogen and oxygen atoms in total. The van der Waals surface area contributed by atoms with Crippen molar-refractivity contribution in [3.8, 4) is 0 Å². The molecule has 1 aliphatic carbocycles. The predicted molar refractivity (Wildman–Crippen MR) is 93.4 cm³/mol. The number of rotatable bonds is 2. The summed E-state index contributed by atoms with van der Waals surface area (Å²) in [5.41, 5.74) is 2.79. The third-order valence-electron chi connectivity index (χ3n) is 5.83. The van der Waals surface area contributed by atoms with Crippen molar-refractivity contribution in [2.24, 2.45) is 11.8 Å². The molecule has 4 unspecified atom stereocenters. The summed E-state index contributed by atoms with van der Waals surface area (Å²) >= 11 is 0. The van der Waals surface area contributed by atoms with E-state index in [4.69, 9.17) is 0 Å². The lowest BCUT2D eigenvalue weighted by Gasteiger charge is -2.32. The fourth-order valence-corrected chi connectivity index (χ4v) is 3.96. The molecule has 4 atom stereocenters. The molecule has 130 valence electrons. The molecule has 1 saturated carbocycles. The lowest BCUT2D eigenvalue weighted by molar-refractivity contribution is -0.123. The molecule has 2 fully saturated rings. The highest BCUT2D eigenvalue weighted by Gasteiger charge is 2.45. The molecule has 23 heavy (non-hydrogen) atoms. The third-order valence-corrected chi connectivity index (χ3v) is 5.83. The van der Waals surface area contributed by atoms with Gasteiger partial charge in [0.05, 0.1) is 12.1 Å². The van der Waals surface area contributed by atoms with E-state index in [2.05, 4.69) is 30.7 Å². The number of likely N-dealkylation sites (tertiary alicyclic amines) is 1. The lowest BCUT2D eigenvalue weighted by Crippen LogP contribution is -2.41. The zero-order chi connectivity index (χ0) is 17.3. The molecular weight excluding hydrogens is 288 g/mol. The highest BCUT2D eigenvalue weighted by atomic mass is 16.1. The van der Waals surface area contributed by atoms with Gasteiger partial charge in [-0.3, -0.25) is 19.4 Å². The molecule has 0 aromatic rings. The summed E-state index contributed by atoms with van der Waals surface area (Å²) in [6.07, 6.45) is 3.41. The molecule has 0 radical (unpaired) electrons. The molecule has 2 heterocycles. The van der Waals surface area contributed by atoms with Crippen molar-refractivity contribution in [1.82, 2.24) is 9.80 Å². The molecule has 0 aromatic heterocycles. The molecule has 0 spiro atoms. The van der Waals surface area contributed by atoms with Gasteiger partial charge in [-0.05, 0) is 72.9 Å². The van der Waals surface area contributed by atoms with E-state index in [0.29, 0.717) is 5.78 Å². The standard InChI is InChI=1S/C10H17NO.C9H15NO/c1-7-5-10(9(3)12)11(4)6-8(7)2;1-6(11)9-4-7-3-8(7)5-10(9)2/h10H,5-6H2,1-4H3;7-9H,3-5H2,1-2H3. The minimum atomic E-state index is 0.119. The maximum atomic E-state index is 11.2. The minimum absolute atomic E-state index is 0.119. The molecule has 3 rings (SSSR count). The van der Waals surface area contributed by atoms with Crippen LogP contribution in [0, 0.1) is 11.8 Å². The summed E-state index contributed by atoms with van der Waals surface area (Å²) in [5.74, 6) is 2.44. The van der Waals surface area contributed by atoms with Crippen LogP contribution in [0.3, 0.4) is 0 Å². The van der Waals surface area contributed by atoms with Crippen LogP contribution in [0.25, 0.3) is 0 Å². The number of piperidine rings is 1. The molecule has 0 N–H and O–H groups in total. The zero-order valence-electron chi connectivity index (χ0n) is 15.6. The maximum absolute atomic E-state index is 11.2. The maximum Gasteiger partial charge on any atom is 0.147 e. The van der Waals surface area contributed by atoms with Gasteiger partial charge in [0.1, 0.15) is 11.6 Å². The molecule has 1 saturated heterocycles. The Labute approximate surface area is 140 Å². The molecular formula is C19H32N2O2. The van der Waals surface area contributed by atoms with E-state index in [1.807, 2.05) is 7.05 Å². The lowest BCUT2D eigenvalue weighted by atomic mass is 9.94. The van der Waals surface area contributed by atoms with E-state index in [1.165, 1.54) is 17.6 Å². The Morgan fingerprint density at radius 3 is 2.04 bits per heavy atom. The molecule has 2 aliphatic heterocycles. The monoisotopic (exact) mass is 320 g/mol. The van der Waals surface area contributed by atoms with Crippen molar-refractivity contribution in [3.05, 3.63) is 11.1 Å². The summed E-state index contributed by atoms with van der Waals surface area (Å²) in [6, 6.07) is 0.354. The van der Waals surface area contributed by atoms with Crippen LogP contribution in [0.1, 0.15) is 47.0 Å². The van der Waals surface area contributed by atoms with E-state index in [0.717, 1.165) is 37.8 Å². The quantitative estimate of drug-likeness (QED) is 0.733. The molecule has 3 aliphatic rings. The first kappa shape index (κ1) is 18.3. The Morgan fingerprint density at radius 2 is 1.48 bits per heavy atom. The van der Waals surface area contributed by atoms with Crippen molar-refractivity contribution in [1.29, 1.82) is 0 Å². The summed E-state index contributed by atoms with van der Waals surface area (Å²) in [5, 5.41) is 0. The van der Waals surface area contributed by atoms with Crippen molar-refractivity contribution >= 4 is 11.6 Å². The number of hydrogen-bond donors (Lipinski definition) is 0. The number of carbonyl (C=O) groups is 2. The Bertz CT molecular complexity index is 511. The Hall–Kier alpha value is -1.00. The topological polar surface area (TPSA) is 40.6 Å². The van der Waals surface area contributed by atoms with Crippen molar-refractivity contribution in [2.45, 2.75) is 59.0 Å². The first-order valence-corrected chi connectivity index (χ1v) is 8.77. The van der Waals surface area contributed by atoms with Gasteiger partial charge in [0.25, 0.3) is 0 Å². The largest absolute Gasteiger partial charge is 0.298 e. The van der Waals surface area contributed by atoms with Gasteiger partial charge in [-0.15, -0.1) is 0 Å². The van der Waals surface area contributed by atoms with Crippen LogP contribution in [0.15, 0.2) is 11.1 Å². The SMILES string of the molecule is CC(=O)C1CC(C)=C(C)CN1C.CC(=O)C1CC2CC2CN1C. The number of ketones is 2. The van der Waals surface area contributed by atoms with Gasteiger partial charge in [0.15, 0.2) is 0 Å². The van der Waals surface area contributed by atoms with Crippen LogP contribution in [0.4, 0.5) is 0 Å². The van der Waals surface area contributed by atoms with Crippen molar-refractivity contribution < 1.29 is 9.59 Å².